The lowest BCUT2D eigenvalue weighted by Crippen LogP contribution is -2.48. The van der Waals surface area contributed by atoms with Crippen molar-refractivity contribution < 1.29 is 43.9 Å². The van der Waals surface area contributed by atoms with E-state index in [9.17, 15) is 43.9 Å². The topological polar surface area (TPSA) is 0 Å². The highest BCUT2D eigenvalue weighted by Gasteiger charge is 2.64. The molecule has 10 heteroatoms. The molecule has 1 aliphatic carbocycles. The van der Waals surface area contributed by atoms with Crippen LogP contribution in [0.3, 0.4) is 0 Å². The summed E-state index contributed by atoms with van der Waals surface area (Å²) in [5.74, 6) is -8.33. The third kappa shape index (κ3) is 5.35. The zero-order valence-corrected chi connectivity index (χ0v) is 10.1. The van der Waals surface area contributed by atoms with Gasteiger partial charge in [0.05, 0.1) is 0 Å². The Morgan fingerprint density at radius 2 is 1.50 bits per heavy atom. The Morgan fingerprint density at radius 3 is 1.60 bits per heavy atom. The van der Waals surface area contributed by atoms with Crippen molar-refractivity contribution in [1.29, 1.82) is 0 Å². The van der Waals surface area contributed by atoms with E-state index in [1.54, 1.807) is 0 Å². The smallest absolute Gasteiger partial charge is 0.247 e. The molecular weight excluding hydrogens is 310 g/mol. The molecule has 3 atom stereocenters. The average molecular weight is 322 g/mol. The van der Waals surface area contributed by atoms with Crippen LogP contribution in [-0.2, 0) is 0 Å². The molecule has 0 heterocycles. The van der Waals surface area contributed by atoms with Gasteiger partial charge < -0.3 is 0 Å². The highest BCUT2D eigenvalue weighted by Crippen LogP contribution is 2.41. The highest BCUT2D eigenvalue weighted by molar-refractivity contribution is 4.87. The molecule has 0 bridgehead atoms. The highest BCUT2D eigenvalue weighted by atomic mass is 19.4. The van der Waals surface area contributed by atoms with Gasteiger partial charge in [-0.05, 0) is 13.3 Å². The van der Waals surface area contributed by atoms with Crippen LogP contribution in [-0.4, -0.2) is 36.5 Å². The molecule has 0 N–H and O–H groups in total. The second kappa shape index (κ2) is 6.38. The predicted molar refractivity (Wildman–Crippen MR) is 50.2 cm³/mol. The van der Waals surface area contributed by atoms with E-state index >= 15 is 0 Å². The fourth-order valence-corrected chi connectivity index (χ4v) is 1.34. The third-order valence-electron chi connectivity index (χ3n) is 2.47. The molecule has 0 aromatic heterocycles. The van der Waals surface area contributed by atoms with E-state index < -0.39 is 43.0 Å². The van der Waals surface area contributed by atoms with Crippen LogP contribution in [0.1, 0.15) is 26.2 Å². The fraction of sp³-hybridized carbons (Fsp3) is 1.00. The van der Waals surface area contributed by atoms with Gasteiger partial charge in [-0.25, -0.2) is 22.0 Å². The Labute approximate surface area is 108 Å². The predicted octanol–water partition coefficient (Wildman–Crippen LogP) is 5.02. The maximum atomic E-state index is 12.0. The molecule has 0 aromatic carbocycles. The molecule has 0 amide bonds. The maximum Gasteiger partial charge on any atom is 0.456 e. The van der Waals surface area contributed by atoms with Gasteiger partial charge in [0.1, 0.15) is 12.3 Å². The van der Waals surface area contributed by atoms with Gasteiger partial charge in [-0.2, -0.15) is 22.0 Å². The molecule has 0 nitrogen and oxygen atoms in total. The molecule has 3 unspecified atom stereocenters. The van der Waals surface area contributed by atoms with Crippen LogP contribution in [0.25, 0.3) is 0 Å². The molecule has 0 radical (unpaired) electrons. The van der Waals surface area contributed by atoms with Crippen molar-refractivity contribution >= 4 is 0 Å². The first kappa shape index (κ1) is 19.3. The van der Waals surface area contributed by atoms with Crippen LogP contribution < -0.4 is 0 Å². The number of hydrogen-bond donors (Lipinski definition) is 0. The Hall–Kier alpha value is -0.700. The quantitative estimate of drug-likeness (QED) is 0.626. The standard InChI is InChI=1S/C5H5F7.C5H7F3/c1-2(6)3(7)4(8,9)5(10,11)12;6-4-1-2-5(7,8)3-4/h2-3H,1H3;4H,1-3H2. The second-order valence-corrected chi connectivity index (χ2v) is 4.40. The molecule has 0 aromatic rings. The largest absolute Gasteiger partial charge is 0.456 e. The summed E-state index contributed by atoms with van der Waals surface area (Å²) in [7, 11) is 0. The number of halogens is 10. The summed E-state index contributed by atoms with van der Waals surface area (Å²) in [5, 5.41) is 0. The van der Waals surface area contributed by atoms with E-state index in [-0.39, 0.29) is 12.8 Å². The minimum Gasteiger partial charge on any atom is -0.247 e. The lowest BCUT2D eigenvalue weighted by Gasteiger charge is -2.23. The molecular formula is C10H12F10. The minimum atomic E-state index is -6.05. The van der Waals surface area contributed by atoms with Gasteiger partial charge in [0, 0.05) is 12.8 Å². The zero-order chi connectivity index (χ0) is 16.4. The normalized spacial score (nSPS) is 25.6. The van der Waals surface area contributed by atoms with Crippen molar-refractivity contribution in [2.45, 2.75) is 62.7 Å². The van der Waals surface area contributed by atoms with Crippen LogP contribution in [0.5, 0.6) is 0 Å². The van der Waals surface area contributed by atoms with Gasteiger partial charge in [0.25, 0.3) is 5.92 Å². The van der Waals surface area contributed by atoms with Crippen molar-refractivity contribution in [3.63, 3.8) is 0 Å². The lowest BCUT2D eigenvalue weighted by molar-refractivity contribution is -0.308. The van der Waals surface area contributed by atoms with Gasteiger partial charge in [-0.1, -0.05) is 0 Å². The van der Waals surface area contributed by atoms with E-state index in [2.05, 4.69) is 0 Å². The van der Waals surface area contributed by atoms with Crippen molar-refractivity contribution in [3.8, 4) is 0 Å². The first-order valence-electron chi connectivity index (χ1n) is 5.45. The summed E-state index contributed by atoms with van der Waals surface area (Å²) in [6.45, 7) is 0.296. The summed E-state index contributed by atoms with van der Waals surface area (Å²) in [5.41, 5.74) is 0. The first-order chi connectivity index (χ1) is 8.71. The molecule has 0 spiro atoms. The van der Waals surface area contributed by atoms with Gasteiger partial charge in [0.15, 0.2) is 0 Å². The summed E-state index contributed by atoms with van der Waals surface area (Å²) in [6, 6.07) is 0. The Balaban J connectivity index is 0.000000388. The Kier molecular flexibility index (Phi) is 6.16. The van der Waals surface area contributed by atoms with Gasteiger partial charge in [-0.15, -0.1) is 0 Å². The number of rotatable bonds is 2. The van der Waals surface area contributed by atoms with Crippen LogP contribution in [0, 0.1) is 0 Å². The van der Waals surface area contributed by atoms with Crippen molar-refractivity contribution in [2.75, 3.05) is 0 Å². The fourth-order valence-electron chi connectivity index (χ4n) is 1.34. The van der Waals surface area contributed by atoms with Crippen molar-refractivity contribution in [3.05, 3.63) is 0 Å². The number of alkyl halides is 10. The van der Waals surface area contributed by atoms with Gasteiger partial charge in [-0.3, -0.25) is 0 Å². The van der Waals surface area contributed by atoms with Crippen molar-refractivity contribution in [1.82, 2.24) is 0 Å². The summed E-state index contributed by atoms with van der Waals surface area (Å²) >= 11 is 0. The van der Waals surface area contributed by atoms with E-state index in [0.29, 0.717) is 6.92 Å². The minimum absolute atomic E-state index is 0.0347. The molecule has 0 aliphatic heterocycles. The molecule has 20 heavy (non-hydrogen) atoms. The Bertz CT molecular complexity index is 295. The van der Waals surface area contributed by atoms with Gasteiger partial charge in [0.2, 0.25) is 6.17 Å². The first-order valence-corrected chi connectivity index (χ1v) is 5.45. The van der Waals surface area contributed by atoms with E-state index in [1.165, 1.54) is 0 Å². The van der Waals surface area contributed by atoms with Crippen molar-refractivity contribution in [2.24, 2.45) is 0 Å². The molecule has 122 valence electrons. The summed E-state index contributed by atoms with van der Waals surface area (Å²) in [6.07, 6.45) is -14.8. The summed E-state index contributed by atoms with van der Waals surface area (Å²) < 4.78 is 117. The molecule has 1 saturated carbocycles. The molecule has 0 saturated heterocycles. The molecule has 1 fully saturated rings. The Morgan fingerprint density at radius 1 is 1.05 bits per heavy atom. The maximum absolute atomic E-state index is 12.0. The number of hydrogen-bond acceptors (Lipinski definition) is 0. The van der Waals surface area contributed by atoms with E-state index in [1.807, 2.05) is 0 Å². The molecule has 1 rings (SSSR count). The average Bonchev–Trinajstić information content (AvgIpc) is 2.54. The molecule has 1 aliphatic rings. The van der Waals surface area contributed by atoms with Gasteiger partial charge >= 0.3 is 12.1 Å². The van der Waals surface area contributed by atoms with E-state index in [0.717, 1.165) is 0 Å². The van der Waals surface area contributed by atoms with Crippen LogP contribution in [0.2, 0.25) is 0 Å². The monoisotopic (exact) mass is 322 g/mol. The van der Waals surface area contributed by atoms with Crippen LogP contribution >= 0.6 is 0 Å². The second-order valence-electron chi connectivity index (χ2n) is 4.40. The lowest BCUT2D eigenvalue weighted by atomic mass is 10.1. The van der Waals surface area contributed by atoms with Crippen LogP contribution in [0.15, 0.2) is 0 Å². The SMILES string of the molecule is CC(F)C(F)C(F)(F)C(F)(F)F.FC1CCC(F)(F)C1. The van der Waals surface area contributed by atoms with Crippen LogP contribution in [0.4, 0.5) is 43.9 Å². The summed E-state index contributed by atoms with van der Waals surface area (Å²) in [4.78, 5) is 0. The van der Waals surface area contributed by atoms with E-state index in [4.69, 9.17) is 0 Å². The third-order valence-corrected chi connectivity index (χ3v) is 2.47. The zero-order valence-electron chi connectivity index (χ0n) is 10.1.